The summed E-state index contributed by atoms with van der Waals surface area (Å²) >= 11 is 7.68. The molecule has 0 spiro atoms. The smallest absolute Gasteiger partial charge is 0.119 e. The van der Waals surface area contributed by atoms with Gasteiger partial charge in [-0.1, -0.05) is 29.4 Å². The van der Waals surface area contributed by atoms with Crippen molar-refractivity contribution in [3.05, 3.63) is 47.4 Å². The summed E-state index contributed by atoms with van der Waals surface area (Å²) in [5.41, 5.74) is 1.29. The Kier molecular flexibility index (Phi) is 5.02. The zero-order valence-corrected chi connectivity index (χ0v) is 13.4. The van der Waals surface area contributed by atoms with Crippen LogP contribution in [0.5, 0.6) is 0 Å². The quantitative estimate of drug-likeness (QED) is 0.920. The molecule has 0 radical (unpaired) electrons. The third kappa shape index (κ3) is 4.78. The number of hydrogen-bond donors (Lipinski definition) is 1. The lowest BCUT2D eigenvalue weighted by Gasteiger charge is -2.21. The molecule has 0 amide bonds. The second-order valence-corrected chi connectivity index (χ2v) is 7.00. The topological polar surface area (TPSA) is 37.8 Å². The average Bonchev–Trinajstić information content (AvgIpc) is 2.38. The molecule has 0 atom stereocenters. The van der Waals surface area contributed by atoms with Crippen LogP contribution in [0.25, 0.3) is 0 Å². The van der Waals surface area contributed by atoms with Crippen LogP contribution in [0.1, 0.15) is 26.3 Å². The van der Waals surface area contributed by atoms with Crippen molar-refractivity contribution < 1.29 is 0 Å². The van der Waals surface area contributed by atoms with E-state index >= 15 is 0 Å². The summed E-state index contributed by atoms with van der Waals surface area (Å²) in [5, 5.41) is 5.09. The van der Waals surface area contributed by atoms with Crippen LogP contribution in [0.2, 0.25) is 5.02 Å². The molecular weight excluding hydrogens is 290 g/mol. The lowest BCUT2D eigenvalue weighted by molar-refractivity contribution is 0.422. The number of nitrogens with one attached hydrogen (secondary N) is 1. The van der Waals surface area contributed by atoms with Gasteiger partial charge in [-0.05, 0) is 38.5 Å². The average molecular weight is 308 g/mol. The monoisotopic (exact) mass is 307 g/mol. The second-order valence-electron chi connectivity index (χ2n) is 5.50. The fraction of sp³-hybridized carbons (Fsp3) is 0.333. The Bertz CT molecular complexity index is 567. The molecule has 2 aromatic rings. The molecule has 0 fully saturated rings. The highest BCUT2D eigenvalue weighted by Crippen LogP contribution is 2.31. The molecule has 0 aliphatic heterocycles. The Balaban J connectivity index is 2.20. The zero-order valence-electron chi connectivity index (χ0n) is 11.9. The molecule has 0 saturated heterocycles. The first-order valence-corrected chi connectivity index (χ1v) is 7.61. The summed E-state index contributed by atoms with van der Waals surface area (Å²) in [6, 6.07) is 5.95. The Labute approximate surface area is 129 Å². The summed E-state index contributed by atoms with van der Waals surface area (Å²) in [5.74, 6) is 0. The van der Waals surface area contributed by atoms with Gasteiger partial charge in [0.25, 0.3) is 0 Å². The van der Waals surface area contributed by atoms with Crippen molar-refractivity contribution >= 4 is 23.4 Å². The van der Waals surface area contributed by atoms with Crippen LogP contribution in [-0.2, 0) is 6.54 Å². The molecule has 1 N–H and O–H groups in total. The molecule has 20 heavy (non-hydrogen) atoms. The van der Waals surface area contributed by atoms with Crippen LogP contribution in [-0.4, -0.2) is 15.5 Å². The third-order valence-corrected chi connectivity index (χ3v) is 3.85. The predicted octanol–water partition coefficient (Wildman–Crippen LogP) is 4.17. The fourth-order valence-electron chi connectivity index (χ4n) is 1.58. The summed E-state index contributed by atoms with van der Waals surface area (Å²) in [4.78, 5) is 9.48. The first kappa shape index (κ1) is 15.3. The Morgan fingerprint density at radius 3 is 2.70 bits per heavy atom. The van der Waals surface area contributed by atoms with Crippen molar-refractivity contribution in [3.8, 4) is 0 Å². The van der Waals surface area contributed by atoms with Gasteiger partial charge in [-0.2, -0.15) is 0 Å². The van der Waals surface area contributed by atoms with E-state index < -0.39 is 0 Å². The van der Waals surface area contributed by atoms with E-state index in [1.807, 2.05) is 12.1 Å². The Morgan fingerprint density at radius 1 is 1.25 bits per heavy atom. The second kappa shape index (κ2) is 6.57. The minimum absolute atomic E-state index is 0.0775. The van der Waals surface area contributed by atoms with E-state index in [0.29, 0.717) is 0 Å². The van der Waals surface area contributed by atoms with Gasteiger partial charge >= 0.3 is 0 Å². The molecule has 3 nitrogen and oxygen atoms in total. The number of nitrogens with zero attached hydrogens (tertiary/aromatic N) is 2. The highest BCUT2D eigenvalue weighted by molar-refractivity contribution is 7.99. The summed E-state index contributed by atoms with van der Waals surface area (Å²) in [7, 11) is 0. The van der Waals surface area contributed by atoms with Gasteiger partial charge in [-0.3, -0.25) is 4.98 Å². The van der Waals surface area contributed by atoms with Crippen LogP contribution in [0.15, 0.2) is 46.7 Å². The van der Waals surface area contributed by atoms with Gasteiger partial charge < -0.3 is 5.32 Å². The molecule has 1 aromatic carbocycles. The van der Waals surface area contributed by atoms with Crippen molar-refractivity contribution in [3.63, 3.8) is 0 Å². The summed E-state index contributed by atoms with van der Waals surface area (Å²) in [6.07, 6.45) is 5.12. The Morgan fingerprint density at radius 2 is 2.05 bits per heavy atom. The van der Waals surface area contributed by atoms with Crippen LogP contribution in [0.3, 0.4) is 0 Å². The van der Waals surface area contributed by atoms with Crippen LogP contribution in [0, 0.1) is 0 Å². The van der Waals surface area contributed by atoms with Gasteiger partial charge in [0.15, 0.2) is 0 Å². The predicted molar refractivity (Wildman–Crippen MR) is 84.2 cm³/mol. The summed E-state index contributed by atoms with van der Waals surface area (Å²) in [6.45, 7) is 7.25. The fourth-order valence-corrected chi connectivity index (χ4v) is 2.73. The van der Waals surface area contributed by atoms with Gasteiger partial charge in [-0.25, -0.2) is 4.98 Å². The maximum absolute atomic E-state index is 6.10. The van der Waals surface area contributed by atoms with Crippen molar-refractivity contribution in [1.82, 2.24) is 15.3 Å². The first-order valence-electron chi connectivity index (χ1n) is 6.41. The van der Waals surface area contributed by atoms with Gasteiger partial charge in [0.1, 0.15) is 5.03 Å². The van der Waals surface area contributed by atoms with E-state index in [2.05, 4.69) is 42.1 Å². The molecule has 106 valence electrons. The lowest BCUT2D eigenvalue weighted by atomic mass is 10.1. The maximum atomic E-state index is 6.10. The van der Waals surface area contributed by atoms with Crippen LogP contribution >= 0.6 is 23.4 Å². The molecule has 0 bridgehead atoms. The molecule has 1 heterocycles. The normalized spacial score (nSPS) is 11.6. The molecular formula is C15H18ClN3S. The van der Waals surface area contributed by atoms with E-state index in [-0.39, 0.29) is 5.54 Å². The van der Waals surface area contributed by atoms with E-state index in [1.165, 1.54) is 5.56 Å². The molecule has 5 heteroatoms. The van der Waals surface area contributed by atoms with Crippen molar-refractivity contribution in [2.45, 2.75) is 42.8 Å². The summed E-state index contributed by atoms with van der Waals surface area (Å²) < 4.78 is 0. The third-order valence-electron chi connectivity index (χ3n) is 2.59. The number of hydrogen-bond acceptors (Lipinski definition) is 4. The van der Waals surface area contributed by atoms with Crippen molar-refractivity contribution in [2.75, 3.05) is 0 Å². The molecule has 0 aliphatic carbocycles. The number of aromatic nitrogens is 2. The van der Waals surface area contributed by atoms with E-state index in [1.54, 1.807) is 30.4 Å². The SMILES string of the molecule is CC(C)(C)NCc1ccc(Cl)cc1Sc1cnccn1. The molecule has 0 aliphatic rings. The van der Waals surface area contributed by atoms with Crippen LogP contribution in [0.4, 0.5) is 0 Å². The first-order chi connectivity index (χ1) is 9.44. The standard InChI is InChI=1S/C15H18ClN3S/c1-15(2,3)19-9-11-4-5-12(16)8-13(11)20-14-10-17-6-7-18-14/h4-8,10,19H,9H2,1-3H3. The largest absolute Gasteiger partial charge is 0.308 e. The molecule has 2 rings (SSSR count). The number of halogens is 1. The highest BCUT2D eigenvalue weighted by atomic mass is 35.5. The minimum Gasteiger partial charge on any atom is -0.308 e. The van der Waals surface area contributed by atoms with Gasteiger partial charge in [0.2, 0.25) is 0 Å². The van der Waals surface area contributed by atoms with Gasteiger partial charge in [0.05, 0.1) is 6.20 Å². The van der Waals surface area contributed by atoms with Crippen molar-refractivity contribution in [1.29, 1.82) is 0 Å². The molecule has 1 aromatic heterocycles. The number of rotatable bonds is 4. The number of benzene rings is 1. The Hall–Kier alpha value is -1.10. The van der Waals surface area contributed by atoms with E-state index in [9.17, 15) is 0 Å². The van der Waals surface area contributed by atoms with Gasteiger partial charge in [0, 0.05) is 34.4 Å². The minimum atomic E-state index is 0.0775. The lowest BCUT2D eigenvalue weighted by Crippen LogP contribution is -2.35. The maximum Gasteiger partial charge on any atom is 0.119 e. The molecule has 0 unspecified atom stereocenters. The van der Waals surface area contributed by atoms with Crippen molar-refractivity contribution in [2.24, 2.45) is 0 Å². The van der Waals surface area contributed by atoms with E-state index in [4.69, 9.17) is 11.6 Å². The zero-order chi connectivity index (χ0) is 14.6. The highest BCUT2D eigenvalue weighted by Gasteiger charge is 2.12. The molecule has 0 saturated carbocycles. The van der Waals surface area contributed by atoms with Gasteiger partial charge in [-0.15, -0.1) is 0 Å². The van der Waals surface area contributed by atoms with Crippen LogP contribution < -0.4 is 5.32 Å². The van der Waals surface area contributed by atoms with E-state index in [0.717, 1.165) is 21.5 Å².